The molecule has 0 saturated heterocycles. The maximum Gasteiger partial charge on any atom is 0.278 e. The molecule has 2 aromatic heterocycles. The van der Waals surface area contributed by atoms with Crippen molar-refractivity contribution in [3.8, 4) is 28.7 Å². The molecule has 0 aliphatic rings. The highest BCUT2D eigenvalue weighted by molar-refractivity contribution is 5.59. The van der Waals surface area contributed by atoms with Gasteiger partial charge in [-0.3, -0.25) is 0 Å². The van der Waals surface area contributed by atoms with Crippen LogP contribution in [-0.2, 0) is 6.54 Å². The monoisotopic (exact) mass is 271 g/mol. The second-order valence-corrected chi connectivity index (χ2v) is 4.26. The summed E-state index contributed by atoms with van der Waals surface area (Å²) in [4.78, 5) is 8.46. The fourth-order valence-corrected chi connectivity index (χ4v) is 1.83. The van der Waals surface area contributed by atoms with Gasteiger partial charge in [-0.2, -0.15) is 4.98 Å². The normalized spacial score (nSPS) is 10.8. The van der Waals surface area contributed by atoms with Crippen molar-refractivity contribution in [3.63, 3.8) is 0 Å². The van der Waals surface area contributed by atoms with E-state index >= 15 is 0 Å². The number of benzene rings is 1. The van der Waals surface area contributed by atoms with Crippen molar-refractivity contribution in [3.05, 3.63) is 36.8 Å². The van der Waals surface area contributed by atoms with Crippen molar-refractivity contribution in [2.24, 2.45) is 5.73 Å². The average Bonchev–Trinajstić information content (AvgIpc) is 3.07. The highest BCUT2D eigenvalue weighted by Crippen LogP contribution is 2.23. The predicted octanol–water partition coefficient (Wildman–Crippen LogP) is 1.26. The van der Waals surface area contributed by atoms with Crippen molar-refractivity contribution in [1.82, 2.24) is 19.7 Å². The van der Waals surface area contributed by atoms with Crippen LogP contribution in [0.25, 0.3) is 23.0 Å². The van der Waals surface area contributed by atoms with Gasteiger partial charge < -0.3 is 19.9 Å². The molecule has 3 aromatic rings. The van der Waals surface area contributed by atoms with Crippen LogP contribution in [0.2, 0.25) is 0 Å². The lowest BCUT2D eigenvalue weighted by molar-refractivity contribution is 0.431. The van der Waals surface area contributed by atoms with Gasteiger partial charge in [0.25, 0.3) is 5.89 Å². The first-order valence-electron chi connectivity index (χ1n) is 6.11. The third-order valence-corrected chi connectivity index (χ3v) is 2.77. The Hall–Kier alpha value is -2.67. The van der Waals surface area contributed by atoms with E-state index in [-0.39, 0.29) is 5.75 Å². The zero-order valence-electron chi connectivity index (χ0n) is 10.6. The molecule has 0 atom stereocenters. The molecule has 20 heavy (non-hydrogen) atoms. The number of nitrogens with two attached hydrogens (primary N) is 1. The van der Waals surface area contributed by atoms with E-state index in [9.17, 15) is 5.11 Å². The summed E-state index contributed by atoms with van der Waals surface area (Å²) in [5.74, 6) is 0.893. The predicted molar refractivity (Wildman–Crippen MR) is 71.7 cm³/mol. The van der Waals surface area contributed by atoms with E-state index in [2.05, 4.69) is 15.1 Å². The first-order chi connectivity index (χ1) is 9.76. The van der Waals surface area contributed by atoms with Gasteiger partial charge in [-0.05, 0) is 12.1 Å². The van der Waals surface area contributed by atoms with Crippen LogP contribution in [0.15, 0.2) is 41.3 Å². The third kappa shape index (κ3) is 2.39. The van der Waals surface area contributed by atoms with E-state index in [1.54, 1.807) is 36.8 Å². The molecule has 0 bridgehead atoms. The Morgan fingerprint density at radius 2 is 2.25 bits per heavy atom. The van der Waals surface area contributed by atoms with Crippen molar-refractivity contribution in [1.29, 1.82) is 0 Å². The van der Waals surface area contributed by atoms with Gasteiger partial charge in [0.2, 0.25) is 5.82 Å². The molecule has 7 nitrogen and oxygen atoms in total. The van der Waals surface area contributed by atoms with E-state index in [4.69, 9.17) is 10.3 Å². The average molecular weight is 271 g/mol. The van der Waals surface area contributed by atoms with Gasteiger partial charge in [0.15, 0.2) is 0 Å². The maximum atomic E-state index is 9.45. The molecule has 3 N–H and O–H groups in total. The molecular formula is C13H13N5O2. The van der Waals surface area contributed by atoms with Crippen molar-refractivity contribution < 1.29 is 9.63 Å². The molecule has 2 heterocycles. The molecule has 0 aliphatic heterocycles. The van der Waals surface area contributed by atoms with Crippen LogP contribution < -0.4 is 5.73 Å². The minimum Gasteiger partial charge on any atom is -0.508 e. The fourth-order valence-electron chi connectivity index (χ4n) is 1.83. The summed E-state index contributed by atoms with van der Waals surface area (Å²) in [5.41, 5.74) is 6.76. The number of aromatic hydroxyl groups is 1. The van der Waals surface area contributed by atoms with Crippen LogP contribution in [0, 0.1) is 0 Å². The lowest BCUT2D eigenvalue weighted by Crippen LogP contribution is -2.07. The quantitative estimate of drug-likeness (QED) is 0.740. The molecule has 1 aromatic carbocycles. The number of phenols is 1. The minimum absolute atomic E-state index is 0.154. The number of aromatic nitrogens is 4. The number of hydrogen-bond donors (Lipinski definition) is 2. The Bertz CT molecular complexity index is 719. The van der Waals surface area contributed by atoms with Crippen LogP contribution in [0.4, 0.5) is 0 Å². The van der Waals surface area contributed by atoms with E-state index in [1.165, 1.54) is 0 Å². The van der Waals surface area contributed by atoms with Gasteiger partial charge in [-0.1, -0.05) is 17.3 Å². The Kier molecular flexibility index (Phi) is 3.18. The number of rotatable bonds is 4. The zero-order valence-corrected chi connectivity index (χ0v) is 10.6. The van der Waals surface area contributed by atoms with E-state index in [1.807, 2.05) is 4.57 Å². The molecule has 0 amide bonds. The molecule has 102 valence electrons. The number of nitrogens with zero attached hydrogens (tertiary/aromatic N) is 4. The van der Waals surface area contributed by atoms with Crippen LogP contribution in [0.5, 0.6) is 5.75 Å². The first kappa shape index (κ1) is 12.4. The van der Waals surface area contributed by atoms with Crippen molar-refractivity contribution >= 4 is 0 Å². The lowest BCUT2D eigenvalue weighted by atomic mass is 10.2. The molecular weight excluding hydrogens is 258 g/mol. The van der Waals surface area contributed by atoms with Crippen LogP contribution in [0.3, 0.4) is 0 Å². The number of imidazole rings is 1. The number of phenolic OH excluding ortho intramolecular Hbond substituents is 1. The van der Waals surface area contributed by atoms with Gasteiger partial charge in [0.1, 0.15) is 11.4 Å². The van der Waals surface area contributed by atoms with Gasteiger partial charge in [-0.25, -0.2) is 4.98 Å². The molecule has 0 fully saturated rings. The topological polar surface area (TPSA) is 103 Å². The highest BCUT2D eigenvalue weighted by Gasteiger charge is 2.13. The molecule has 7 heteroatoms. The van der Waals surface area contributed by atoms with Gasteiger partial charge in [0.05, 0.1) is 6.33 Å². The van der Waals surface area contributed by atoms with Gasteiger partial charge >= 0.3 is 0 Å². The molecule has 0 unspecified atom stereocenters. The Morgan fingerprint density at radius 3 is 3.05 bits per heavy atom. The Morgan fingerprint density at radius 1 is 1.35 bits per heavy atom. The molecule has 0 aliphatic carbocycles. The summed E-state index contributed by atoms with van der Waals surface area (Å²) in [6, 6.07) is 6.67. The maximum absolute atomic E-state index is 9.45. The van der Waals surface area contributed by atoms with E-state index < -0.39 is 0 Å². The van der Waals surface area contributed by atoms with Crippen molar-refractivity contribution in [2.75, 3.05) is 6.54 Å². The summed E-state index contributed by atoms with van der Waals surface area (Å²) >= 11 is 0. The molecule has 0 spiro atoms. The van der Waals surface area contributed by atoms with Gasteiger partial charge in [0, 0.05) is 24.8 Å². The largest absolute Gasteiger partial charge is 0.508 e. The smallest absolute Gasteiger partial charge is 0.278 e. The zero-order chi connectivity index (χ0) is 13.9. The lowest BCUT2D eigenvalue weighted by Gasteiger charge is -1.94. The SMILES string of the molecule is NCCn1cnc(-c2nc(-c3cccc(O)c3)no2)c1. The number of hydrogen-bond acceptors (Lipinski definition) is 6. The van der Waals surface area contributed by atoms with Gasteiger partial charge in [-0.15, -0.1) is 0 Å². The summed E-state index contributed by atoms with van der Waals surface area (Å²) in [6.07, 6.45) is 3.47. The molecule has 0 radical (unpaired) electrons. The second kappa shape index (κ2) is 5.14. The summed E-state index contributed by atoms with van der Waals surface area (Å²) in [7, 11) is 0. The van der Waals surface area contributed by atoms with Crippen molar-refractivity contribution in [2.45, 2.75) is 6.54 Å². The highest BCUT2D eigenvalue weighted by atomic mass is 16.5. The Balaban J connectivity index is 1.89. The molecule has 0 saturated carbocycles. The standard InChI is InChI=1S/C13H13N5O2/c14-4-5-18-7-11(15-8-18)13-16-12(17-20-13)9-2-1-3-10(19)6-9/h1-3,6-8,19H,4-5,14H2. The van der Waals surface area contributed by atoms with E-state index in [0.717, 1.165) is 0 Å². The van der Waals surface area contributed by atoms with Crippen LogP contribution in [-0.4, -0.2) is 31.3 Å². The summed E-state index contributed by atoms with van der Waals surface area (Å²) in [6.45, 7) is 1.22. The Labute approximate surface area is 114 Å². The molecule has 3 rings (SSSR count). The first-order valence-corrected chi connectivity index (χ1v) is 6.11. The van der Waals surface area contributed by atoms with Crippen LogP contribution >= 0.6 is 0 Å². The fraction of sp³-hybridized carbons (Fsp3) is 0.154. The minimum atomic E-state index is 0.154. The van der Waals surface area contributed by atoms with E-state index in [0.29, 0.717) is 36.1 Å². The third-order valence-electron chi connectivity index (χ3n) is 2.77. The summed E-state index contributed by atoms with van der Waals surface area (Å²) < 4.78 is 7.04. The second-order valence-electron chi connectivity index (χ2n) is 4.26. The van der Waals surface area contributed by atoms with Crippen LogP contribution in [0.1, 0.15) is 0 Å². The summed E-state index contributed by atoms with van der Waals surface area (Å²) in [5, 5.41) is 13.3.